The summed E-state index contributed by atoms with van der Waals surface area (Å²) >= 11 is 0. The van der Waals surface area contributed by atoms with Crippen molar-refractivity contribution in [2.24, 2.45) is 5.73 Å². The van der Waals surface area contributed by atoms with E-state index in [0.29, 0.717) is 26.2 Å². The third-order valence-electron chi connectivity index (χ3n) is 3.74. The maximum absolute atomic E-state index is 12.7. The van der Waals surface area contributed by atoms with Crippen LogP contribution in [0.2, 0.25) is 0 Å². The zero-order valence-electron chi connectivity index (χ0n) is 11.1. The van der Waals surface area contributed by atoms with Crippen molar-refractivity contribution in [2.75, 3.05) is 26.2 Å². The van der Waals surface area contributed by atoms with Crippen LogP contribution in [-0.2, 0) is 14.9 Å². The molecule has 2 N–H and O–H groups in total. The minimum Gasteiger partial charge on any atom is -0.375 e. The van der Waals surface area contributed by atoms with Crippen molar-refractivity contribution < 1.29 is 13.2 Å². The molecule has 0 bridgehead atoms. The lowest BCUT2D eigenvalue weighted by Crippen LogP contribution is -2.56. The van der Waals surface area contributed by atoms with Crippen LogP contribution in [0.4, 0.5) is 0 Å². The van der Waals surface area contributed by atoms with Crippen LogP contribution in [0.25, 0.3) is 0 Å². The Balaban J connectivity index is 2.19. The lowest BCUT2D eigenvalue weighted by Gasteiger charge is -2.39. The van der Waals surface area contributed by atoms with Crippen LogP contribution in [0.3, 0.4) is 0 Å². The Labute approximate surface area is 109 Å². The summed E-state index contributed by atoms with van der Waals surface area (Å²) in [6, 6.07) is -0.148. The molecule has 2 heterocycles. The third-order valence-corrected chi connectivity index (χ3v) is 5.91. The average Bonchev–Trinajstić information content (AvgIpc) is 2.81. The van der Waals surface area contributed by atoms with Gasteiger partial charge < -0.3 is 10.5 Å². The van der Waals surface area contributed by atoms with Crippen LogP contribution in [0, 0.1) is 0 Å². The molecule has 0 spiro atoms. The number of nitrogens with zero attached hydrogens (tertiary/aromatic N) is 2. The molecule has 18 heavy (non-hydrogen) atoms. The molecule has 2 rings (SSSR count). The fourth-order valence-corrected chi connectivity index (χ4v) is 4.79. The van der Waals surface area contributed by atoms with Gasteiger partial charge in [0, 0.05) is 31.7 Å². The van der Waals surface area contributed by atoms with Crippen LogP contribution in [0.5, 0.6) is 0 Å². The molecule has 0 radical (unpaired) electrons. The first kappa shape index (κ1) is 14.2. The maximum atomic E-state index is 12.7. The minimum atomic E-state index is -3.40. The smallest absolute Gasteiger partial charge is 0.282 e. The summed E-state index contributed by atoms with van der Waals surface area (Å²) in [6.07, 6.45) is 1.72. The van der Waals surface area contributed by atoms with Crippen LogP contribution in [0.15, 0.2) is 0 Å². The molecule has 6 nitrogen and oxygen atoms in total. The summed E-state index contributed by atoms with van der Waals surface area (Å²) in [5, 5.41) is 0. The van der Waals surface area contributed by atoms with Gasteiger partial charge in [-0.3, -0.25) is 0 Å². The fourth-order valence-electron chi connectivity index (χ4n) is 2.68. The molecule has 2 fully saturated rings. The monoisotopic (exact) mass is 277 g/mol. The molecule has 2 aliphatic rings. The van der Waals surface area contributed by atoms with Gasteiger partial charge in [-0.1, -0.05) is 0 Å². The van der Waals surface area contributed by atoms with Gasteiger partial charge in [0.05, 0.1) is 12.7 Å². The predicted molar refractivity (Wildman–Crippen MR) is 69.3 cm³/mol. The van der Waals surface area contributed by atoms with E-state index < -0.39 is 10.2 Å². The second-order valence-electron chi connectivity index (χ2n) is 5.21. The molecule has 2 aliphatic heterocycles. The number of rotatable bonds is 3. The summed E-state index contributed by atoms with van der Waals surface area (Å²) in [5.74, 6) is 0. The molecule has 0 aliphatic carbocycles. The topological polar surface area (TPSA) is 75.9 Å². The van der Waals surface area contributed by atoms with Gasteiger partial charge in [0.15, 0.2) is 0 Å². The van der Waals surface area contributed by atoms with Gasteiger partial charge in [-0.25, -0.2) is 0 Å². The lowest BCUT2D eigenvalue weighted by molar-refractivity contribution is -0.0191. The van der Waals surface area contributed by atoms with Crippen molar-refractivity contribution in [3.63, 3.8) is 0 Å². The van der Waals surface area contributed by atoms with Crippen molar-refractivity contribution in [1.29, 1.82) is 0 Å². The van der Waals surface area contributed by atoms with E-state index in [9.17, 15) is 8.42 Å². The summed E-state index contributed by atoms with van der Waals surface area (Å²) < 4.78 is 33.9. The van der Waals surface area contributed by atoms with Crippen molar-refractivity contribution in [2.45, 2.75) is 44.9 Å². The number of morpholine rings is 1. The number of nitrogens with two attached hydrogens (primary N) is 1. The summed E-state index contributed by atoms with van der Waals surface area (Å²) in [5.41, 5.74) is 5.66. The zero-order valence-corrected chi connectivity index (χ0v) is 11.9. The van der Waals surface area contributed by atoms with E-state index in [2.05, 4.69) is 0 Å². The molecule has 0 aromatic heterocycles. The molecular formula is C11H23N3O3S. The van der Waals surface area contributed by atoms with Crippen molar-refractivity contribution in [3.05, 3.63) is 0 Å². The molecular weight excluding hydrogens is 254 g/mol. The summed E-state index contributed by atoms with van der Waals surface area (Å²) in [4.78, 5) is 0. The van der Waals surface area contributed by atoms with E-state index in [1.54, 1.807) is 8.61 Å². The largest absolute Gasteiger partial charge is 0.375 e. The normalized spacial score (nSPS) is 36.1. The molecule has 0 amide bonds. The quantitative estimate of drug-likeness (QED) is 0.773. The number of ether oxygens (including phenoxy) is 1. The second-order valence-corrected chi connectivity index (χ2v) is 7.05. The highest BCUT2D eigenvalue weighted by Crippen LogP contribution is 2.25. The van der Waals surface area contributed by atoms with Gasteiger partial charge in [-0.2, -0.15) is 17.0 Å². The standard InChI is InChI=1S/C11H23N3O3S/c1-9-8-17-10(2)7-14(9)18(15,16)13-5-3-4-11(13)6-12/h9-11H,3-8,12H2,1-2H3/t9-,10-,11+/m1/s1. The fraction of sp³-hybridized carbons (Fsp3) is 1.00. The Morgan fingerprint density at radius 3 is 2.72 bits per heavy atom. The first-order chi connectivity index (χ1) is 8.46. The highest BCUT2D eigenvalue weighted by Gasteiger charge is 2.41. The van der Waals surface area contributed by atoms with Gasteiger partial charge in [0.25, 0.3) is 10.2 Å². The van der Waals surface area contributed by atoms with E-state index in [4.69, 9.17) is 10.5 Å². The third kappa shape index (κ3) is 2.55. The Hall–Kier alpha value is -0.210. The van der Waals surface area contributed by atoms with Crippen molar-refractivity contribution in [1.82, 2.24) is 8.61 Å². The maximum Gasteiger partial charge on any atom is 0.282 e. The molecule has 0 unspecified atom stereocenters. The van der Waals surface area contributed by atoms with Crippen LogP contribution >= 0.6 is 0 Å². The summed E-state index contributed by atoms with van der Waals surface area (Å²) in [7, 11) is -3.40. The van der Waals surface area contributed by atoms with Gasteiger partial charge in [-0.05, 0) is 26.7 Å². The van der Waals surface area contributed by atoms with Gasteiger partial charge >= 0.3 is 0 Å². The molecule has 0 saturated carbocycles. The summed E-state index contributed by atoms with van der Waals surface area (Å²) in [6.45, 7) is 5.66. The SMILES string of the molecule is C[C@@H]1CN(S(=O)(=O)N2CCC[C@H]2CN)[C@H](C)CO1. The van der Waals surface area contributed by atoms with Crippen LogP contribution < -0.4 is 5.73 Å². The minimum absolute atomic E-state index is 0.0413. The van der Waals surface area contributed by atoms with Crippen LogP contribution in [-0.4, -0.2) is 61.5 Å². The Morgan fingerprint density at radius 2 is 2.06 bits per heavy atom. The van der Waals surface area contributed by atoms with E-state index in [-0.39, 0.29) is 18.2 Å². The molecule has 0 aromatic carbocycles. The highest BCUT2D eigenvalue weighted by atomic mass is 32.2. The molecule has 7 heteroatoms. The lowest BCUT2D eigenvalue weighted by atomic mass is 10.2. The second kappa shape index (κ2) is 5.42. The zero-order chi connectivity index (χ0) is 13.3. The van der Waals surface area contributed by atoms with E-state index >= 15 is 0 Å². The van der Waals surface area contributed by atoms with Gasteiger partial charge in [0.2, 0.25) is 0 Å². The number of hydrogen-bond donors (Lipinski definition) is 1. The Morgan fingerprint density at radius 1 is 1.33 bits per heavy atom. The Kier molecular flexibility index (Phi) is 4.28. The Bertz CT molecular complexity index is 387. The van der Waals surface area contributed by atoms with Crippen LogP contribution in [0.1, 0.15) is 26.7 Å². The number of hydrogen-bond acceptors (Lipinski definition) is 4. The average molecular weight is 277 g/mol. The van der Waals surface area contributed by atoms with Gasteiger partial charge in [0.1, 0.15) is 0 Å². The predicted octanol–water partition coefficient (Wildman–Crippen LogP) is -0.236. The molecule has 3 atom stereocenters. The molecule has 106 valence electrons. The molecule has 2 saturated heterocycles. The van der Waals surface area contributed by atoms with E-state index in [0.717, 1.165) is 12.8 Å². The van der Waals surface area contributed by atoms with Gasteiger partial charge in [-0.15, -0.1) is 0 Å². The van der Waals surface area contributed by atoms with E-state index in [1.807, 2.05) is 13.8 Å². The van der Waals surface area contributed by atoms with Crippen molar-refractivity contribution in [3.8, 4) is 0 Å². The highest BCUT2D eigenvalue weighted by molar-refractivity contribution is 7.86. The molecule has 0 aromatic rings. The van der Waals surface area contributed by atoms with Crippen molar-refractivity contribution >= 4 is 10.2 Å². The first-order valence-corrected chi connectivity index (χ1v) is 7.96. The first-order valence-electron chi connectivity index (χ1n) is 6.57. The van der Waals surface area contributed by atoms with E-state index in [1.165, 1.54) is 0 Å².